The minimum Gasteiger partial charge on any atom is -0.360 e. The first-order valence-electron chi connectivity index (χ1n) is 8.92. The molecule has 2 heterocycles. The van der Waals surface area contributed by atoms with E-state index in [0.29, 0.717) is 11.8 Å². The van der Waals surface area contributed by atoms with Gasteiger partial charge in [0.05, 0.1) is 22.4 Å². The van der Waals surface area contributed by atoms with E-state index in [1.54, 1.807) is 11.0 Å². The number of fused-ring (bicyclic) bond motifs is 1. The first kappa shape index (κ1) is 19.1. The number of aromatic nitrogens is 5. The average molecular weight is 392 g/mol. The van der Waals surface area contributed by atoms with Gasteiger partial charge in [0.15, 0.2) is 0 Å². The van der Waals surface area contributed by atoms with Gasteiger partial charge in [-0.2, -0.15) is 20.1 Å². The Balaban J connectivity index is 1.98. The SMILES string of the molecule is CCc1nn(COCC[Si](C)(C)C)c2c(Cl)ccc(-c3cnn(C)n3)c12. The van der Waals surface area contributed by atoms with Crippen LogP contribution in [0.4, 0.5) is 0 Å². The second-order valence-electron chi connectivity index (χ2n) is 7.69. The Kier molecular flexibility index (Phi) is 5.50. The van der Waals surface area contributed by atoms with E-state index in [1.807, 2.05) is 23.9 Å². The predicted octanol–water partition coefficient (Wildman–Crippen LogP) is 4.36. The Morgan fingerprint density at radius 1 is 1.19 bits per heavy atom. The topological polar surface area (TPSA) is 57.8 Å². The Labute approximate surface area is 160 Å². The lowest BCUT2D eigenvalue weighted by Gasteiger charge is -2.15. The van der Waals surface area contributed by atoms with Crippen LogP contribution in [0.15, 0.2) is 18.3 Å². The molecule has 0 unspecified atom stereocenters. The van der Waals surface area contributed by atoms with E-state index in [-0.39, 0.29) is 0 Å². The second-order valence-corrected chi connectivity index (χ2v) is 13.7. The molecular weight excluding hydrogens is 366 g/mol. The summed E-state index contributed by atoms with van der Waals surface area (Å²) in [5, 5.41) is 15.1. The van der Waals surface area contributed by atoms with Crippen LogP contribution in [0.5, 0.6) is 0 Å². The summed E-state index contributed by atoms with van der Waals surface area (Å²) in [6, 6.07) is 5.02. The van der Waals surface area contributed by atoms with Gasteiger partial charge in [-0.15, -0.1) is 0 Å². The highest BCUT2D eigenvalue weighted by Gasteiger charge is 2.19. The van der Waals surface area contributed by atoms with Crippen molar-refractivity contribution in [3.05, 3.63) is 29.0 Å². The highest BCUT2D eigenvalue weighted by atomic mass is 35.5. The van der Waals surface area contributed by atoms with Crippen LogP contribution < -0.4 is 0 Å². The van der Waals surface area contributed by atoms with Crippen molar-refractivity contribution in [1.29, 1.82) is 0 Å². The summed E-state index contributed by atoms with van der Waals surface area (Å²) in [7, 11) is 0.702. The lowest BCUT2D eigenvalue weighted by atomic mass is 10.0. The Hall–Kier alpha value is -1.70. The molecule has 8 heteroatoms. The van der Waals surface area contributed by atoms with Crippen LogP contribution in [-0.2, 0) is 24.9 Å². The summed E-state index contributed by atoms with van der Waals surface area (Å²) in [5.74, 6) is 0. The molecule has 140 valence electrons. The third-order valence-corrected chi connectivity index (χ3v) is 6.35. The molecule has 0 radical (unpaired) electrons. The molecule has 3 aromatic rings. The molecule has 3 rings (SSSR count). The van der Waals surface area contributed by atoms with E-state index in [0.717, 1.165) is 46.9 Å². The first-order chi connectivity index (χ1) is 12.3. The molecular formula is C18H26ClN5OSi. The predicted molar refractivity (Wildman–Crippen MR) is 108 cm³/mol. The van der Waals surface area contributed by atoms with Gasteiger partial charge in [-0.05, 0) is 18.5 Å². The molecule has 0 N–H and O–H groups in total. The van der Waals surface area contributed by atoms with Crippen molar-refractivity contribution in [2.75, 3.05) is 6.61 Å². The maximum atomic E-state index is 6.53. The summed E-state index contributed by atoms with van der Waals surface area (Å²) in [6.45, 7) is 10.3. The zero-order valence-corrected chi connectivity index (χ0v) is 17.8. The van der Waals surface area contributed by atoms with Crippen LogP contribution >= 0.6 is 11.6 Å². The van der Waals surface area contributed by atoms with Crippen molar-refractivity contribution in [3.8, 4) is 11.3 Å². The number of hydrogen-bond acceptors (Lipinski definition) is 4. The van der Waals surface area contributed by atoms with E-state index in [9.17, 15) is 0 Å². The van der Waals surface area contributed by atoms with E-state index >= 15 is 0 Å². The number of benzene rings is 1. The fourth-order valence-electron chi connectivity index (χ4n) is 2.91. The molecule has 0 bridgehead atoms. The van der Waals surface area contributed by atoms with Crippen LogP contribution in [0.25, 0.3) is 22.2 Å². The van der Waals surface area contributed by atoms with Gasteiger partial charge in [0.1, 0.15) is 12.4 Å². The molecule has 0 atom stereocenters. The molecule has 0 aliphatic carbocycles. The van der Waals surface area contributed by atoms with Gasteiger partial charge in [0, 0.05) is 32.7 Å². The van der Waals surface area contributed by atoms with E-state index in [2.05, 4.69) is 36.8 Å². The fourth-order valence-corrected chi connectivity index (χ4v) is 3.92. The van der Waals surface area contributed by atoms with Gasteiger partial charge >= 0.3 is 0 Å². The Bertz CT molecular complexity index is 912. The summed E-state index contributed by atoms with van der Waals surface area (Å²) in [4.78, 5) is 1.56. The lowest BCUT2D eigenvalue weighted by molar-refractivity contribution is 0.0814. The van der Waals surface area contributed by atoms with Gasteiger partial charge in [0.25, 0.3) is 0 Å². The summed E-state index contributed by atoms with van der Waals surface area (Å²) >= 11 is 6.53. The molecule has 2 aromatic heterocycles. The van der Waals surface area contributed by atoms with Crippen LogP contribution in [-0.4, -0.2) is 39.5 Å². The van der Waals surface area contributed by atoms with Gasteiger partial charge in [-0.25, -0.2) is 4.68 Å². The largest absolute Gasteiger partial charge is 0.360 e. The monoisotopic (exact) mass is 391 g/mol. The minimum absolute atomic E-state index is 0.407. The van der Waals surface area contributed by atoms with Crippen molar-refractivity contribution in [2.45, 2.75) is 45.8 Å². The van der Waals surface area contributed by atoms with Crippen molar-refractivity contribution in [1.82, 2.24) is 24.8 Å². The minimum atomic E-state index is -1.11. The van der Waals surface area contributed by atoms with Crippen LogP contribution in [0.2, 0.25) is 30.7 Å². The molecule has 0 saturated heterocycles. The summed E-state index contributed by atoms with van der Waals surface area (Å²) in [5.41, 5.74) is 3.72. The van der Waals surface area contributed by atoms with Crippen LogP contribution in [0, 0.1) is 0 Å². The van der Waals surface area contributed by atoms with Crippen molar-refractivity contribution < 1.29 is 4.74 Å². The standard InChI is InChI=1S/C18H26ClN5OSi/c1-6-15-17-13(16-11-20-23(2)21-16)7-8-14(19)18(17)24(22-15)12-25-9-10-26(3,4)5/h7-8,11H,6,9-10,12H2,1-5H3. The lowest BCUT2D eigenvalue weighted by Crippen LogP contribution is -2.22. The molecule has 26 heavy (non-hydrogen) atoms. The van der Waals surface area contributed by atoms with Gasteiger partial charge in [-0.1, -0.05) is 44.2 Å². The molecule has 0 amide bonds. The molecule has 1 aromatic carbocycles. The van der Waals surface area contributed by atoms with E-state index in [4.69, 9.17) is 21.4 Å². The highest BCUT2D eigenvalue weighted by Crippen LogP contribution is 2.34. The van der Waals surface area contributed by atoms with Crippen molar-refractivity contribution in [3.63, 3.8) is 0 Å². The Morgan fingerprint density at radius 3 is 2.58 bits per heavy atom. The van der Waals surface area contributed by atoms with Gasteiger partial charge in [-0.3, -0.25) is 0 Å². The number of ether oxygens (including phenoxy) is 1. The smallest absolute Gasteiger partial charge is 0.140 e. The molecule has 0 saturated carbocycles. The van der Waals surface area contributed by atoms with Crippen molar-refractivity contribution >= 4 is 30.6 Å². The third-order valence-electron chi connectivity index (χ3n) is 4.34. The molecule has 0 spiro atoms. The maximum Gasteiger partial charge on any atom is 0.140 e. The zero-order chi connectivity index (χ0) is 18.9. The molecule has 0 aliphatic heterocycles. The summed E-state index contributed by atoms with van der Waals surface area (Å²) in [6.07, 6.45) is 2.58. The van der Waals surface area contributed by atoms with Crippen LogP contribution in [0.3, 0.4) is 0 Å². The molecule has 6 nitrogen and oxygen atoms in total. The van der Waals surface area contributed by atoms with Crippen LogP contribution in [0.1, 0.15) is 12.6 Å². The van der Waals surface area contributed by atoms with E-state index in [1.165, 1.54) is 0 Å². The number of hydrogen-bond donors (Lipinski definition) is 0. The molecule has 0 aliphatic rings. The number of halogens is 1. The second kappa shape index (κ2) is 7.50. The summed E-state index contributed by atoms with van der Waals surface area (Å²) < 4.78 is 7.79. The quantitative estimate of drug-likeness (QED) is 0.443. The number of nitrogens with zero attached hydrogens (tertiary/aromatic N) is 5. The fraction of sp³-hybridized carbons (Fsp3) is 0.500. The zero-order valence-electron chi connectivity index (χ0n) is 16.1. The first-order valence-corrected chi connectivity index (χ1v) is 13.0. The number of aryl methyl sites for hydroxylation is 2. The number of rotatable bonds is 7. The van der Waals surface area contributed by atoms with E-state index < -0.39 is 8.07 Å². The van der Waals surface area contributed by atoms with Gasteiger partial charge in [0.2, 0.25) is 0 Å². The maximum absolute atomic E-state index is 6.53. The normalized spacial score (nSPS) is 12.2. The van der Waals surface area contributed by atoms with Gasteiger partial charge < -0.3 is 4.74 Å². The third kappa shape index (κ3) is 4.00. The Morgan fingerprint density at radius 2 is 1.96 bits per heavy atom. The molecule has 0 fully saturated rings. The highest BCUT2D eigenvalue weighted by molar-refractivity contribution is 6.76. The van der Waals surface area contributed by atoms with Crippen molar-refractivity contribution in [2.24, 2.45) is 7.05 Å². The average Bonchev–Trinajstić information content (AvgIpc) is 3.16.